The molecule has 0 aliphatic heterocycles. The molecule has 1 rings (SSSR count). The number of nitrogens with zero attached hydrogens (tertiary/aromatic N) is 1. The van der Waals surface area contributed by atoms with Gasteiger partial charge in [0.25, 0.3) is 0 Å². The van der Waals surface area contributed by atoms with Gasteiger partial charge in [0.15, 0.2) is 0 Å². The number of alkyl halides is 1. The molecule has 0 fully saturated rings. The molecule has 0 amide bonds. The second kappa shape index (κ2) is 6.53. The van der Waals surface area contributed by atoms with Crippen LogP contribution < -0.4 is 0 Å². The zero-order valence-electron chi connectivity index (χ0n) is 9.36. The topological polar surface area (TPSA) is 50.1 Å². The molecule has 90 valence electrons. The van der Waals surface area contributed by atoms with Crippen molar-refractivity contribution in [3.63, 3.8) is 0 Å². The van der Waals surface area contributed by atoms with Gasteiger partial charge in [-0.25, -0.2) is 0 Å². The number of hydrogen-bond donors (Lipinski definition) is 1. The first kappa shape index (κ1) is 13.9. The van der Waals surface area contributed by atoms with Crippen LogP contribution in [0.2, 0.25) is 0 Å². The predicted molar refractivity (Wildman–Crippen MR) is 68.3 cm³/mol. The number of rotatable bonds is 4. The van der Waals surface area contributed by atoms with Gasteiger partial charge in [0.05, 0.1) is 18.6 Å². The first-order chi connectivity index (χ1) is 8.13. The quantitative estimate of drug-likeness (QED) is 0.519. The summed E-state index contributed by atoms with van der Waals surface area (Å²) in [6, 6.07) is 5.51. The van der Waals surface area contributed by atoms with Gasteiger partial charge < -0.3 is 4.74 Å². The van der Waals surface area contributed by atoms with E-state index in [2.05, 4.69) is 12.6 Å². The van der Waals surface area contributed by atoms with E-state index >= 15 is 0 Å². The Balaban J connectivity index is 3.15. The highest BCUT2D eigenvalue weighted by atomic mass is 35.5. The molecule has 0 unspecified atom stereocenters. The third kappa shape index (κ3) is 3.39. The minimum atomic E-state index is -0.366. The van der Waals surface area contributed by atoms with Crippen molar-refractivity contribution in [2.45, 2.75) is 24.1 Å². The highest BCUT2D eigenvalue weighted by Gasteiger charge is 2.15. The summed E-state index contributed by atoms with van der Waals surface area (Å²) in [5.74, 6) is -0.119. The standard InChI is InChI=1S/C12H12ClNO2S/c1-2-16-12(15)5-9-8(6-13)3-4-11(17)10(9)7-14/h3-4,17H,2,5-6H2,1H3. The molecule has 0 atom stereocenters. The van der Waals surface area contributed by atoms with Crippen molar-refractivity contribution in [2.75, 3.05) is 6.61 Å². The fraction of sp³-hybridized carbons (Fsp3) is 0.333. The van der Waals surface area contributed by atoms with Crippen molar-refractivity contribution in [3.8, 4) is 6.07 Å². The lowest BCUT2D eigenvalue weighted by atomic mass is 9.99. The molecule has 0 aromatic heterocycles. The summed E-state index contributed by atoms with van der Waals surface area (Å²) in [5, 5.41) is 9.07. The zero-order valence-corrected chi connectivity index (χ0v) is 11.0. The molecule has 0 heterocycles. The molecule has 0 saturated heterocycles. The summed E-state index contributed by atoms with van der Waals surface area (Å²) in [6.07, 6.45) is 0.0488. The van der Waals surface area contributed by atoms with Gasteiger partial charge >= 0.3 is 5.97 Å². The van der Waals surface area contributed by atoms with E-state index in [1.807, 2.05) is 6.07 Å². The highest BCUT2D eigenvalue weighted by molar-refractivity contribution is 7.80. The maximum Gasteiger partial charge on any atom is 0.310 e. The Morgan fingerprint density at radius 2 is 2.29 bits per heavy atom. The minimum absolute atomic E-state index is 0.0488. The van der Waals surface area contributed by atoms with E-state index in [1.165, 1.54) is 0 Å². The van der Waals surface area contributed by atoms with Gasteiger partial charge in [-0.2, -0.15) is 5.26 Å². The molecule has 0 spiro atoms. The van der Waals surface area contributed by atoms with E-state index in [0.717, 1.165) is 5.56 Å². The summed E-state index contributed by atoms with van der Waals surface area (Å²) in [4.78, 5) is 12.0. The van der Waals surface area contributed by atoms with Crippen LogP contribution in [0.15, 0.2) is 17.0 Å². The van der Waals surface area contributed by atoms with E-state index in [1.54, 1.807) is 19.1 Å². The molecule has 17 heavy (non-hydrogen) atoms. The van der Waals surface area contributed by atoms with Gasteiger partial charge in [-0.15, -0.1) is 24.2 Å². The largest absolute Gasteiger partial charge is 0.466 e. The molecule has 1 aromatic rings. The van der Waals surface area contributed by atoms with Crippen LogP contribution in [0, 0.1) is 11.3 Å². The summed E-state index contributed by atoms with van der Waals surface area (Å²) < 4.78 is 4.87. The number of thiol groups is 1. The molecule has 0 saturated carbocycles. The third-order valence-corrected chi connectivity index (χ3v) is 2.93. The molecular formula is C12H12ClNO2S. The summed E-state index contributed by atoms with van der Waals surface area (Å²) in [7, 11) is 0. The molecule has 0 aliphatic carbocycles. The van der Waals surface area contributed by atoms with Gasteiger partial charge in [0, 0.05) is 10.8 Å². The minimum Gasteiger partial charge on any atom is -0.466 e. The molecule has 3 nitrogen and oxygen atoms in total. The number of hydrogen-bond acceptors (Lipinski definition) is 4. The Morgan fingerprint density at radius 3 is 2.82 bits per heavy atom. The zero-order chi connectivity index (χ0) is 12.8. The van der Waals surface area contributed by atoms with Crippen molar-refractivity contribution in [2.24, 2.45) is 0 Å². The normalized spacial score (nSPS) is 9.76. The second-order valence-electron chi connectivity index (χ2n) is 3.32. The van der Waals surface area contributed by atoms with Crippen molar-refractivity contribution >= 4 is 30.2 Å². The van der Waals surface area contributed by atoms with Crippen molar-refractivity contribution < 1.29 is 9.53 Å². The maximum atomic E-state index is 11.5. The lowest BCUT2D eigenvalue weighted by Crippen LogP contribution is -2.11. The van der Waals surface area contributed by atoms with Crippen LogP contribution >= 0.6 is 24.2 Å². The van der Waals surface area contributed by atoms with Crippen LogP contribution in [0.5, 0.6) is 0 Å². The van der Waals surface area contributed by atoms with E-state index in [4.69, 9.17) is 21.6 Å². The Morgan fingerprint density at radius 1 is 1.59 bits per heavy atom. The Hall–Kier alpha value is -1.18. The predicted octanol–water partition coefficient (Wildman–Crippen LogP) is 2.69. The van der Waals surface area contributed by atoms with Crippen molar-refractivity contribution in [3.05, 3.63) is 28.8 Å². The monoisotopic (exact) mass is 269 g/mol. The van der Waals surface area contributed by atoms with E-state index in [-0.39, 0.29) is 18.3 Å². The maximum absolute atomic E-state index is 11.5. The number of halogens is 1. The lowest BCUT2D eigenvalue weighted by Gasteiger charge is -2.10. The molecule has 5 heteroatoms. The van der Waals surface area contributed by atoms with Crippen LogP contribution in [0.1, 0.15) is 23.6 Å². The van der Waals surface area contributed by atoms with E-state index < -0.39 is 0 Å². The fourth-order valence-corrected chi connectivity index (χ4v) is 2.00. The molecule has 0 N–H and O–H groups in total. The van der Waals surface area contributed by atoms with Crippen LogP contribution in [-0.2, 0) is 21.8 Å². The first-order valence-corrected chi connectivity index (χ1v) is 6.07. The number of nitriles is 1. The average molecular weight is 270 g/mol. The number of carbonyl (C=O) groups is 1. The Labute approximate surface area is 111 Å². The van der Waals surface area contributed by atoms with Crippen LogP contribution in [-0.4, -0.2) is 12.6 Å². The summed E-state index contributed by atoms with van der Waals surface area (Å²) in [6.45, 7) is 2.05. The van der Waals surface area contributed by atoms with Gasteiger partial charge in [-0.05, 0) is 24.1 Å². The van der Waals surface area contributed by atoms with Gasteiger partial charge in [0.2, 0.25) is 0 Å². The number of carbonyl (C=O) groups excluding carboxylic acids is 1. The Bertz CT molecular complexity index is 468. The van der Waals surface area contributed by atoms with Crippen molar-refractivity contribution in [1.82, 2.24) is 0 Å². The first-order valence-electron chi connectivity index (χ1n) is 5.09. The van der Waals surface area contributed by atoms with Gasteiger partial charge in [0.1, 0.15) is 6.07 Å². The molecule has 0 bridgehead atoms. The van der Waals surface area contributed by atoms with Crippen molar-refractivity contribution in [1.29, 1.82) is 5.26 Å². The molecule has 1 aromatic carbocycles. The van der Waals surface area contributed by atoms with Crippen LogP contribution in [0.3, 0.4) is 0 Å². The Kier molecular flexibility index (Phi) is 5.33. The van der Waals surface area contributed by atoms with E-state index in [0.29, 0.717) is 22.6 Å². The fourth-order valence-electron chi connectivity index (χ4n) is 1.49. The highest BCUT2D eigenvalue weighted by Crippen LogP contribution is 2.23. The SMILES string of the molecule is CCOC(=O)Cc1c(CCl)ccc(S)c1C#N. The smallest absolute Gasteiger partial charge is 0.310 e. The summed E-state index contributed by atoms with van der Waals surface area (Å²) >= 11 is 9.98. The average Bonchev–Trinajstić information content (AvgIpc) is 2.30. The molecule has 0 aliphatic rings. The van der Waals surface area contributed by atoms with Crippen LogP contribution in [0.4, 0.5) is 0 Å². The summed E-state index contributed by atoms with van der Waals surface area (Å²) in [5.41, 5.74) is 1.75. The number of ether oxygens (including phenoxy) is 1. The molecule has 0 radical (unpaired) electrons. The van der Waals surface area contributed by atoms with Gasteiger partial charge in [-0.1, -0.05) is 6.07 Å². The van der Waals surface area contributed by atoms with E-state index in [9.17, 15) is 4.79 Å². The number of benzene rings is 1. The van der Waals surface area contributed by atoms with Crippen LogP contribution in [0.25, 0.3) is 0 Å². The lowest BCUT2D eigenvalue weighted by molar-refractivity contribution is -0.142. The van der Waals surface area contributed by atoms with Gasteiger partial charge in [-0.3, -0.25) is 4.79 Å². The third-order valence-electron chi connectivity index (χ3n) is 2.27. The number of esters is 1. The second-order valence-corrected chi connectivity index (χ2v) is 4.07. The molecular weight excluding hydrogens is 258 g/mol.